The molecule has 0 spiro atoms. The van der Waals surface area contributed by atoms with Crippen molar-refractivity contribution in [1.82, 2.24) is 14.9 Å². The number of aromatic nitrogens is 2. The smallest absolute Gasteiger partial charge is 0.277 e. The maximum absolute atomic E-state index is 12.4. The Labute approximate surface area is 129 Å². The first-order valence-electron chi connectivity index (χ1n) is 6.54. The summed E-state index contributed by atoms with van der Waals surface area (Å²) in [6, 6.07) is 0. The number of rotatable bonds is 2. The van der Waals surface area contributed by atoms with Crippen LogP contribution in [-0.2, 0) is 12.8 Å². The van der Waals surface area contributed by atoms with Gasteiger partial charge in [0.15, 0.2) is 5.01 Å². The number of aryl methyl sites for hydroxylation is 1. The summed E-state index contributed by atoms with van der Waals surface area (Å²) in [5, 5.41) is 3.04. The number of nitrogens with zero attached hydrogens (tertiary/aromatic N) is 3. The predicted molar refractivity (Wildman–Crippen MR) is 80.8 cm³/mol. The Hall–Kier alpha value is -1.80. The van der Waals surface area contributed by atoms with E-state index in [1.54, 1.807) is 10.3 Å². The molecule has 110 valence electrons. The number of hydrogen-bond acceptors (Lipinski definition) is 6. The summed E-state index contributed by atoms with van der Waals surface area (Å²) in [6.07, 6.45) is 1.35. The SMILES string of the molecule is Cc1nc(C(=O)N2CCc3nc(C(N)=O)sc3CC2)cs1. The lowest BCUT2D eigenvalue weighted by atomic mass is 10.2. The molecule has 3 rings (SSSR count). The Morgan fingerprint density at radius 3 is 2.71 bits per heavy atom. The molecule has 1 aliphatic heterocycles. The molecule has 0 radical (unpaired) electrons. The number of nitrogens with two attached hydrogens (primary N) is 1. The second-order valence-electron chi connectivity index (χ2n) is 4.80. The number of thiazole rings is 2. The molecule has 0 unspecified atom stereocenters. The fourth-order valence-electron chi connectivity index (χ4n) is 2.30. The summed E-state index contributed by atoms with van der Waals surface area (Å²) in [5.74, 6) is -0.524. The summed E-state index contributed by atoms with van der Waals surface area (Å²) in [7, 11) is 0. The number of carbonyl (C=O) groups excluding carboxylic acids is 2. The second-order valence-corrected chi connectivity index (χ2v) is 6.94. The summed E-state index contributed by atoms with van der Waals surface area (Å²) < 4.78 is 0. The van der Waals surface area contributed by atoms with Gasteiger partial charge in [0.25, 0.3) is 11.8 Å². The van der Waals surface area contributed by atoms with Crippen molar-refractivity contribution in [2.45, 2.75) is 19.8 Å². The third kappa shape index (κ3) is 2.81. The van der Waals surface area contributed by atoms with E-state index in [1.165, 1.54) is 22.7 Å². The van der Waals surface area contributed by atoms with Gasteiger partial charge < -0.3 is 10.6 Å². The summed E-state index contributed by atoms with van der Waals surface area (Å²) >= 11 is 2.81. The van der Waals surface area contributed by atoms with Crippen LogP contribution in [0.25, 0.3) is 0 Å². The first kappa shape index (κ1) is 14.2. The van der Waals surface area contributed by atoms with Crippen LogP contribution >= 0.6 is 22.7 Å². The van der Waals surface area contributed by atoms with Gasteiger partial charge >= 0.3 is 0 Å². The minimum absolute atomic E-state index is 0.0374. The Bertz CT molecular complexity index is 681. The standard InChI is InChI=1S/C13H14N4O2S2/c1-7-15-9(6-20-7)13(19)17-4-2-8-10(3-5-17)21-12(16-8)11(14)18/h6H,2-5H2,1H3,(H2,14,18). The van der Waals surface area contributed by atoms with E-state index in [0.717, 1.165) is 15.6 Å². The molecule has 8 heteroatoms. The van der Waals surface area contributed by atoms with Gasteiger partial charge in [-0.3, -0.25) is 9.59 Å². The van der Waals surface area contributed by atoms with Crippen LogP contribution in [0.15, 0.2) is 5.38 Å². The third-order valence-electron chi connectivity index (χ3n) is 3.34. The highest BCUT2D eigenvalue weighted by molar-refractivity contribution is 7.13. The van der Waals surface area contributed by atoms with Gasteiger partial charge in [-0.25, -0.2) is 9.97 Å². The number of hydrogen-bond donors (Lipinski definition) is 1. The maximum atomic E-state index is 12.4. The lowest BCUT2D eigenvalue weighted by Gasteiger charge is -2.18. The molecule has 0 saturated carbocycles. The van der Waals surface area contributed by atoms with Crippen LogP contribution in [0.1, 0.15) is 35.9 Å². The first-order chi connectivity index (χ1) is 10.0. The van der Waals surface area contributed by atoms with E-state index in [4.69, 9.17) is 5.73 Å². The molecule has 0 aliphatic carbocycles. The van der Waals surface area contributed by atoms with Crippen LogP contribution in [0.5, 0.6) is 0 Å². The molecule has 0 saturated heterocycles. The highest BCUT2D eigenvalue weighted by Crippen LogP contribution is 2.23. The molecule has 2 aromatic heterocycles. The molecule has 0 aromatic carbocycles. The van der Waals surface area contributed by atoms with Crippen LogP contribution in [0.4, 0.5) is 0 Å². The van der Waals surface area contributed by atoms with E-state index < -0.39 is 5.91 Å². The molecular weight excluding hydrogens is 308 g/mol. The molecule has 0 fully saturated rings. The Balaban J connectivity index is 1.74. The third-order valence-corrected chi connectivity index (χ3v) is 5.29. The molecule has 2 N–H and O–H groups in total. The minimum atomic E-state index is -0.487. The van der Waals surface area contributed by atoms with Gasteiger partial charge in [0.1, 0.15) is 5.69 Å². The number of carbonyl (C=O) groups is 2. The quantitative estimate of drug-likeness (QED) is 0.901. The van der Waals surface area contributed by atoms with E-state index in [9.17, 15) is 9.59 Å². The van der Waals surface area contributed by atoms with Crippen molar-refractivity contribution in [3.63, 3.8) is 0 Å². The molecule has 21 heavy (non-hydrogen) atoms. The van der Waals surface area contributed by atoms with Crippen LogP contribution in [-0.4, -0.2) is 39.8 Å². The van der Waals surface area contributed by atoms with Gasteiger partial charge in [0.05, 0.1) is 10.7 Å². The number of amides is 2. The average Bonchev–Trinajstić information content (AvgIpc) is 3.01. The number of primary amides is 1. The van der Waals surface area contributed by atoms with Crippen molar-refractivity contribution in [2.24, 2.45) is 5.73 Å². The topological polar surface area (TPSA) is 89.2 Å². The van der Waals surface area contributed by atoms with Gasteiger partial charge in [-0.05, 0) is 6.92 Å². The lowest BCUT2D eigenvalue weighted by Crippen LogP contribution is -2.33. The normalized spacial score (nSPS) is 14.6. The molecule has 1 aliphatic rings. The van der Waals surface area contributed by atoms with E-state index >= 15 is 0 Å². The lowest BCUT2D eigenvalue weighted by molar-refractivity contribution is 0.0757. The highest BCUT2D eigenvalue weighted by Gasteiger charge is 2.24. The maximum Gasteiger partial charge on any atom is 0.277 e. The first-order valence-corrected chi connectivity index (χ1v) is 8.24. The molecule has 2 amide bonds. The Morgan fingerprint density at radius 2 is 2.05 bits per heavy atom. The zero-order valence-corrected chi connectivity index (χ0v) is 13.1. The summed E-state index contributed by atoms with van der Waals surface area (Å²) in [4.78, 5) is 34.9. The second kappa shape index (κ2) is 5.53. The van der Waals surface area contributed by atoms with Gasteiger partial charge in [-0.15, -0.1) is 22.7 Å². The zero-order valence-electron chi connectivity index (χ0n) is 11.5. The van der Waals surface area contributed by atoms with E-state index in [2.05, 4.69) is 9.97 Å². The minimum Gasteiger partial charge on any atom is -0.364 e. The van der Waals surface area contributed by atoms with Crippen LogP contribution < -0.4 is 5.73 Å². The molecule has 0 bridgehead atoms. The van der Waals surface area contributed by atoms with Crippen LogP contribution in [0.3, 0.4) is 0 Å². The molecule has 6 nitrogen and oxygen atoms in total. The summed E-state index contributed by atoms with van der Waals surface area (Å²) in [6.45, 7) is 3.09. The average molecular weight is 322 g/mol. The fourth-order valence-corrected chi connectivity index (χ4v) is 3.83. The van der Waals surface area contributed by atoms with Crippen molar-refractivity contribution in [3.05, 3.63) is 31.7 Å². The van der Waals surface area contributed by atoms with Crippen LogP contribution in [0, 0.1) is 6.92 Å². The van der Waals surface area contributed by atoms with Gasteiger partial charge in [0.2, 0.25) is 0 Å². The van der Waals surface area contributed by atoms with Gasteiger partial charge in [-0.2, -0.15) is 0 Å². The van der Waals surface area contributed by atoms with E-state index in [-0.39, 0.29) is 5.91 Å². The molecule has 2 aromatic rings. The predicted octanol–water partition coefficient (Wildman–Crippen LogP) is 1.25. The molecular formula is C13H14N4O2S2. The van der Waals surface area contributed by atoms with Crippen molar-refractivity contribution in [1.29, 1.82) is 0 Å². The van der Waals surface area contributed by atoms with Crippen molar-refractivity contribution in [2.75, 3.05) is 13.1 Å². The monoisotopic (exact) mass is 322 g/mol. The zero-order chi connectivity index (χ0) is 15.0. The summed E-state index contributed by atoms with van der Waals surface area (Å²) in [5.41, 5.74) is 6.65. The van der Waals surface area contributed by atoms with E-state index in [0.29, 0.717) is 36.6 Å². The van der Waals surface area contributed by atoms with Gasteiger partial charge in [0, 0.05) is 36.2 Å². The Kier molecular flexibility index (Phi) is 3.73. The largest absolute Gasteiger partial charge is 0.364 e. The molecule has 3 heterocycles. The van der Waals surface area contributed by atoms with E-state index in [1.807, 2.05) is 6.92 Å². The molecule has 0 atom stereocenters. The van der Waals surface area contributed by atoms with Crippen LogP contribution in [0.2, 0.25) is 0 Å². The highest BCUT2D eigenvalue weighted by atomic mass is 32.1. The van der Waals surface area contributed by atoms with Crippen molar-refractivity contribution in [3.8, 4) is 0 Å². The van der Waals surface area contributed by atoms with Gasteiger partial charge in [-0.1, -0.05) is 0 Å². The Morgan fingerprint density at radius 1 is 1.29 bits per heavy atom. The van der Waals surface area contributed by atoms with Crippen molar-refractivity contribution < 1.29 is 9.59 Å². The fraction of sp³-hybridized carbons (Fsp3) is 0.385. The number of fused-ring (bicyclic) bond motifs is 1. The van der Waals surface area contributed by atoms with Crippen molar-refractivity contribution >= 4 is 34.5 Å².